The fourth-order valence-electron chi connectivity index (χ4n) is 2.60. The molecule has 1 unspecified atom stereocenters. The minimum absolute atomic E-state index is 0.686. The standard InChI is InChI=1S/C15H24N2/c1-2-7-15-13-17(11-6-10-16-15)12-14-8-4-3-5-9-14/h3-5,8-9,15-16H,2,6-7,10-13H2,1H3. The van der Waals surface area contributed by atoms with E-state index >= 15 is 0 Å². The number of nitrogens with one attached hydrogen (secondary N) is 1. The van der Waals surface area contributed by atoms with Gasteiger partial charge in [0.1, 0.15) is 0 Å². The number of benzene rings is 1. The van der Waals surface area contributed by atoms with Gasteiger partial charge in [0.2, 0.25) is 0 Å². The zero-order valence-corrected chi connectivity index (χ0v) is 10.9. The van der Waals surface area contributed by atoms with E-state index < -0.39 is 0 Å². The Labute approximate surface area is 105 Å². The topological polar surface area (TPSA) is 15.3 Å². The second kappa shape index (κ2) is 6.77. The van der Waals surface area contributed by atoms with Gasteiger partial charge in [-0.3, -0.25) is 4.90 Å². The largest absolute Gasteiger partial charge is 0.313 e. The van der Waals surface area contributed by atoms with Gasteiger partial charge in [0.05, 0.1) is 0 Å². The van der Waals surface area contributed by atoms with Crippen LogP contribution in [0.3, 0.4) is 0 Å². The maximum Gasteiger partial charge on any atom is 0.0234 e. The van der Waals surface area contributed by atoms with E-state index in [0.717, 1.165) is 6.54 Å². The molecule has 1 heterocycles. The Bertz CT molecular complexity index is 310. The van der Waals surface area contributed by atoms with Crippen molar-refractivity contribution in [1.82, 2.24) is 10.2 Å². The lowest BCUT2D eigenvalue weighted by Crippen LogP contribution is -2.37. The van der Waals surface area contributed by atoms with Crippen molar-refractivity contribution >= 4 is 0 Å². The van der Waals surface area contributed by atoms with E-state index in [1.807, 2.05) is 0 Å². The highest BCUT2D eigenvalue weighted by Gasteiger charge is 2.16. The second-order valence-electron chi connectivity index (χ2n) is 5.01. The Morgan fingerprint density at radius 3 is 2.88 bits per heavy atom. The maximum atomic E-state index is 3.66. The Morgan fingerprint density at radius 1 is 1.29 bits per heavy atom. The first-order chi connectivity index (χ1) is 8.38. The zero-order valence-electron chi connectivity index (χ0n) is 10.9. The molecule has 1 aliphatic heterocycles. The summed E-state index contributed by atoms with van der Waals surface area (Å²) in [6.07, 6.45) is 3.84. The van der Waals surface area contributed by atoms with Crippen LogP contribution < -0.4 is 5.32 Å². The Hall–Kier alpha value is -0.860. The Morgan fingerprint density at radius 2 is 2.12 bits per heavy atom. The van der Waals surface area contributed by atoms with Crippen molar-refractivity contribution in [1.29, 1.82) is 0 Å². The molecule has 1 fully saturated rings. The molecule has 0 radical (unpaired) electrons. The van der Waals surface area contributed by atoms with Gasteiger partial charge in [-0.1, -0.05) is 43.7 Å². The molecule has 0 saturated carbocycles. The SMILES string of the molecule is CCCC1CN(Cc2ccccc2)CCCN1. The molecule has 2 rings (SSSR count). The third-order valence-corrected chi connectivity index (χ3v) is 3.45. The van der Waals surface area contributed by atoms with Gasteiger partial charge in [0.25, 0.3) is 0 Å². The fraction of sp³-hybridized carbons (Fsp3) is 0.600. The van der Waals surface area contributed by atoms with Gasteiger partial charge >= 0.3 is 0 Å². The molecule has 2 heteroatoms. The van der Waals surface area contributed by atoms with Crippen LogP contribution >= 0.6 is 0 Å². The zero-order chi connectivity index (χ0) is 11.9. The predicted molar refractivity (Wildman–Crippen MR) is 73.0 cm³/mol. The lowest BCUT2D eigenvalue weighted by Gasteiger charge is -2.24. The summed E-state index contributed by atoms with van der Waals surface area (Å²) in [4.78, 5) is 2.59. The van der Waals surface area contributed by atoms with Crippen LogP contribution in [0.5, 0.6) is 0 Å². The van der Waals surface area contributed by atoms with Gasteiger partial charge in [-0.05, 0) is 31.5 Å². The molecule has 1 atom stereocenters. The number of rotatable bonds is 4. The predicted octanol–water partition coefficient (Wildman–Crippen LogP) is 2.65. The minimum atomic E-state index is 0.686. The molecule has 1 aromatic carbocycles. The lowest BCUT2D eigenvalue weighted by molar-refractivity contribution is 0.255. The number of nitrogens with zero attached hydrogens (tertiary/aromatic N) is 1. The third kappa shape index (κ3) is 4.14. The molecule has 1 aromatic rings. The molecule has 0 amide bonds. The molecule has 0 aliphatic carbocycles. The second-order valence-corrected chi connectivity index (χ2v) is 5.01. The molecule has 1 saturated heterocycles. The van der Waals surface area contributed by atoms with Crippen molar-refractivity contribution < 1.29 is 0 Å². The van der Waals surface area contributed by atoms with Gasteiger partial charge in [0, 0.05) is 19.1 Å². The average Bonchev–Trinajstić information content (AvgIpc) is 2.56. The third-order valence-electron chi connectivity index (χ3n) is 3.45. The average molecular weight is 232 g/mol. The summed E-state index contributed by atoms with van der Waals surface area (Å²) in [6.45, 7) is 6.97. The molecule has 17 heavy (non-hydrogen) atoms. The first-order valence-corrected chi connectivity index (χ1v) is 6.88. The van der Waals surface area contributed by atoms with Gasteiger partial charge < -0.3 is 5.32 Å². The van der Waals surface area contributed by atoms with Gasteiger partial charge in [-0.15, -0.1) is 0 Å². The fourth-order valence-corrected chi connectivity index (χ4v) is 2.60. The van der Waals surface area contributed by atoms with E-state index in [4.69, 9.17) is 0 Å². The van der Waals surface area contributed by atoms with Crippen molar-refractivity contribution in [3.8, 4) is 0 Å². The molecule has 2 nitrogen and oxygen atoms in total. The molecule has 1 N–H and O–H groups in total. The summed E-state index contributed by atoms with van der Waals surface area (Å²) in [5, 5.41) is 3.66. The highest BCUT2D eigenvalue weighted by molar-refractivity contribution is 5.14. The summed E-state index contributed by atoms with van der Waals surface area (Å²) < 4.78 is 0. The van der Waals surface area contributed by atoms with E-state index in [2.05, 4.69) is 47.5 Å². The lowest BCUT2D eigenvalue weighted by atomic mass is 10.1. The van der Waals surface area contributed by atoms with E-state index in [-0.39, 0.29) is 0 Å². The quantitative estimate of drug-likeness (QED) is 0.858. The van der Waals surface area contributed by atoms with Crippen LogP contribution in [0.2, 0.25) is 0 Å². The molecule has 0 aromatic heterocycles. The van der Waals surface area contributed by atoms with Gasteiger partial charge in [-0.25, -0.2) is 0 Å². The van der Waals surface area contributed by atoms with Crippen molar-refractivity contribution in [3.05, 3.63) is 35.9 Å². The maximum absolute atomic E-state index is 3.66. The number of hydrogen-bond acceptors (Lipinski definition) is 2. The van der Waals surface area contributed by atoms with E-state index in [0.29, 0.717) is 6.04 Å². The molecular formula is C15H24N2. The van der Waals surface area contributed by atoms with Gasteiger partial charge in [0.15, 0.2) is 0 Å². The highest BCUT2D eigenvalue weighted by atomic mass is 15.2. The minimum Gasteiger partial charge on any atom is -0.313 e. The summed E-state index contributed by atoms with van der Waals surface area (Å²) in [6, 6.07) is 11.5. The molecule has 94 valence electrons. The first-order valence-electron chi connectivity index (χ1n) is 6.88. The van der Waals surface area contributed by atoms with Crippen molar-refractivity contribution in [2.24, 2.45) is 0 Å². The molecule has 0 spiro atoms. The van der Waals surface area contributed by atoms with Crippen LogP contribution in [-0.2, 0) is 6.54 Å². The van der Waals surface area contributed by atoms with E-state index in [1.165, 1.54) is 44.5 Å². The summed E-state index contributed by atoms with van der Waals surface area (Å²) in [7, 11) is 0. The van der Waals surface area contributed by atoms with Crippen LogP contribution in [0.4, 0.5) is 0 Å². The smallest absolute Gasteiger partial charge is 0.0234 e. The van der Waals surface area contributed by atoms with Crippen LogP contribution in [0.15, 0.2) is 30.3 Å². The number of hydrogen-bond donors (Lipinski definition) is 1. The molecule has 0 bridgehead atoms. The van der Waals surface area contributed by atoms with Crippen molar-refractivity contribution in [2.45, 2.75) is 38.8 Å². The van der Waals surface area contributed by atoms with E-state index in [9.17, 15) is 0 Å². The van der Waals surface area contributed by atoms with Crippen molar-refractivity contribution in [3.63, 3.8) is 0 Å². The molecule has 1 aliphatic rings. The van der Waals surface area contributed by atoms with Crippen molar-refractivity contribution in [2.75, 3.05) is 19.6 Å². The highest BCUT2D eigenvalue weighted by Crippen LogP contribution is 2.10. The Kier molecular flexibility index (Phi) is 5.02. The monoisotopic (exact) mass is 232 g/mol. The van der Waals surface area contributed by atoms with Crippen LogP contribution in [-0.4, -0.2) is 30.6 Å². The Balaban J connectivity index is 1.90. The van der Waals surface area contributed by atoms with Crippen LogP contribution in [0.1, 0.15) is 31.7 Å². The molecular weight excluding hydrogens is 208 g/mol. The summed E-state index contributed by atoms with van der Waals surface area (Å²) in [5.74, 6) is 0. The van der Waals surface area contributed by atoms with Crippen LogP contribution in [0.25, 0.3) is 0 Å². The summed E-state index contributed by atoms with van der Waals surface area (Å²) >= 11 is 0. The normalized spacial score (nSPS) is 22.3. The van der Waals surface area contributed by atoms with Gasteiger partial charge in [-0.2, -0.15) is 0 Å². The van der Waals surface area contributed by atoms with Crippen LogP contribution in [0, 0.1) is 0 Å². The summed E-state index contributed by atoms with van der Waals surface area (Å²) in [5.41, 5.74) is 1.43. The van der Waals surface area contributed by atoms with E-state index in [1.54, 1.807) is 0 Å². The first kappa shape index (κ1) is 12.6.